The molecule has 166 valence electrons. The largest absolute Gasteiger partial charge is 0.335 e. The van der Waals surface area contributed by atoms with Crippen molar-refractivity contribution in [1.29, 1.82) is 5.26 Å². The van der Waals surface area contributed by atoms with Crippen LogP contribution in [0.25, 0.3) is 17.1 Å². The Morgan fingerprint density at radius 1 is 1.15 bits per heavy atom. The molecule has 10 heteroatoms. The number of benzene rings is 2. The summed E-state index contributed by atoms with van der Waals surface area (Å²) in [5, 5.41) is 21.0. The number of carbonyl (C=O) groups is 1. The third-order valence-electron chi connectivity index (χ3n) is 5.20. The average molecular weight is 462 g/mol. The normalized spacial score (nSPS) is 10.7. The van der Waals surface area contributed by atoms with Gasteiger partial charge in [-0.15, -0.1) is 10.2 Å². The van der Waals surface area contributed by atoms with Crippen LogP contribution in [0.3, 0.4) is 0 Å². The van der Waals surface area contributed by atoms with Crippen LogP contribution in [0.1, 0.15) is 16.8 Å². The molecular weight excluding hydrogens is 441 g/mol. The van der Waals surface area contributed by atoms with E-state index in [2.05, 4.69) is 21.6 Å². The fourth-order valence-corrected chi connectivity index (χ4v) is 4.09. The Morgan fingerprint density at radius 3 is 2.52 bits per heavy atom. The highest BCUT2D eigenvalue weighted by molar-refractivity contribution is 7.99. The van der Waals surface area contributed by atoms with Gasteiger partial charge in [0.05, 0.1) is 11.3 Å². The van der Waals surface area contributed by atoms with E-state index in [0.717, 1.165) is 28.7 Å². The van der Waals surface area contributed by atoms with Gasteiger partial charge in [0.15, 0.2) is 5.82 Å². The first-order valence-corrected chi connectivity index (χ1v) is 11.0. The molecule has 0 saturated carbocycles. The minimum atomic E-state index is -0.365. The van der Waals surface area contributed by atoms with E-state index in [1.165, 1.54) is 16.8 Å². The number of aromatic nitrogens is 4. The molecule has 0 radical (unpaired) electrons. The molecule has 0 aliphatic rings. The molecule has 2 aromatic heterocycles. The molecule has 2 aromatic carbocycles. The molecule has 0 aliphatic carbocycles. The molecule has 0 spiro atoms. The zero-order valence-corrected chi connectivity index (χ0v) is 18.7. The van der Waals surface area contributed by atoms with Gasteiger partial charge in [0.2, 0.25) is 11.1 Å². The zero-order chi connectivity index (χ0) is 23.5. The van der Waals surface area contributed by atoms with Gasteiger partial charge in [-0.25, -0.2) is 9.07 Å². The lowest BCUT2D eigenvalue weighted by atomic mass is 10.2. The summed E-state index contributed by atoms with van der Waals surface area (Å²) in [6, 6.07) is 17.4. The highest BCUT2D eigenvalue weighted by Gasteiger charge is 2.21. The lowest BCUT2D eigenvalue weighted by Gasteiger charge is -2.13. The predicted octanol–water partition coefficient (Wildman–Crippen LogP) is 3.81. The maximum Gasteiger partial charge on any atom is 0.236 e. The summed E-state index contributed by atoms with van der Waals surface area (Å²) in [5.74, 6) is 6.17. The number of carbonyl (C=O) groups excluding carboxylic acids is 1. The number of nitrogens with two attached hydrogens (primary N) is 1. The van der Waals surface area contributed by atoms with Crippen LogP contribution in [0.2, 0.25) is 0 Å². The molecule has 1 amide bonds. The quantitative estimate of drug-likeness (QED) is 0.333. The number of hydrogen-bond acceptors (Lipinski definition) is 6. The summed E-state index contributed by atoms with van der Waals surface area (Å²) in [6.07, 6.45) is 0. The predicted molar refractivity (Wildman–Crippen MR) is 125 cm³/mol. The van der Waals surface area contributed by atoms with Gasteiger partial charge in [-0.2, -0.15) is 5.26 Å². The van der Waals surface area contributed by atoms with E-state index in [0.29, 0.717) is 27.9 Å². The Balaban J connectivity index is 1.53. The zero-order valence-electron chi connectivity index (χ0n) is 17.9. The van der Waals surface area contributed by atoms with Crippen molar-refractivity contribution in [3.63, 3.8) is 0 Å². The number of amides is 1. The van der Waals surface area contributed by atoms with Crippen LogP contribution in [-0.4, -0.2) is 31.1 Å². The summed E-state index contributed by atoms with van der Waals surface area (Å²) >= 11 is 1.11. The SMILES string of the molecule is Cc1c(C#N)c(NC(=O)CSc2nnc(-c3ccc(F)cc3)n2N)n(-c2ccccc2)c1C. The summed E-state index contributed by atoms with van der Waals surface area (Å²) in [6.45, 7) is 3.76. The number of nitrogens with one attached hydrogen (secondary N) is 1. The van der Waals surface area contributed by atoms with E-state index in [-0.39, 0.29) is 17.5 Å². The van der Waals surface area contributed by atoms with Crippen molar-refractivity contribution in [1.82, 2.24) is 19.4 Å². The van der Waals surface area contributed by atoms with Crippen molar-refractivity contribution in [2.75, 3.05) is 16.9 Å². The maximum absolute atomic E-state index is 13.2. The van der Waals surface area contributed by atoms with E-state index in [1.807, 2.05) is 48.7 Å². The molecule has 0 aliphatic heterocycles. The van der Waals surface area contributed by atoms with Crippen molar-refractivity contribution >= 4 is 23.5 Å². The maximum atomic E-state index is 13.2. The smallest absolute Gasteiger partial charge is 0.236 e. The van der Waals surface area contributed by atoms with Gasteiger partial charge in [-0.05, 0) is 55.8 Å². The number of halogens is 1. The fourth-order valence-electron chi connectivity index (χ4n) is 3.43. The summed E-state index contributed by atoms with van der Waals surface area (Å²) in [5.41, 5.74) is 3.53. The van der Waals surface area contributed by atoms with E-state index in [1.54, 1.807) is 12.1 Å². The van der Waals surface area contributed by atoms with Crippen LogP contribution in [0.5, 0.6) is 0 Å². The third kappa shape index (κ3) is 4.31. The molecule has 0 saturated heterocycles. The first-order valence-electron chi connectivity index (χ1n) is 9.97. The van der Waals surface area contributed by atoms with E-state index < -0.39 is 0 Å². The number of rotatable bonds is 6. The molecule has 0 fully saturated rings. The summed E-state index contributed by atoms with van der Waals surface area (Å²) < 4.78 is 16.3. The first kappa shape index (κ1) is 22.1. The standard InChI is InChI=1S/C23H20FN7OS/c1-14-15(2)30(18-6-4-3-5-7-18)22(19(14)12-25)27-20(32)13-33-23-29-28-21(31(23)26)16-8-10-17(24)11-9-16/h3-11H,13,26H2,1-2H3,(H,27,32). The monoisotopic (exact) mass is 461 g/mol. The van der Waals surface area contributed by atoms with Gasteiger partial charge < -0.3 is 11.2 Å². The van der Waals surface area contributed by atoms with Crippen molar-refractivity contribution < 1.29 is 9.18 Å². The second kappa shape index (κ2) is 9.18. The summed E-state index contributed by atoms with van der Waals surface area (Å²) in [7, 11) is 0. The highest BCUT2D eigenvalue weighted by Crippen LogP contribution is 2.30. The van der Waals surface area contributed by atoms with E-state index in [9.17, 15) is 14.4 Å². The number of anilines is 1. The van der Waals surface area contributed by atoms with Crippen LogP contribution in [0, 0.1) is 31.0 Å². The summed E-state index contributed by atoms with van der Waals surface area (Å²) in [4.78, 5) is 12.8. The molecule has 2 heterocycles. The molecule has 4 rings (SSSR count). The van der Waals surface area contributed by atoms with Crippen molar-refractivity contribution in [2.45, 2.75) is 19.0 Å². The van der Waals surface area contributed by atoms with Gasteiger partial charge in [0.1, 0.15) is 17.7 Å². The Morgan fingerprint density at radius 2 is 1.85 bits per heavy atom. The number of nitrogens with zero attached hydrogens (tertiary/aromatic N) is 5. The van der Waals surface area contributed by atoms with Crippen LogP contribution >= 0.6 is 11.8 Å². The van der Waals surface area contributed by atoms with Gasteiger partial charge in [-0.3, -0.25) is 9.36 Å². The minimum absolute atomic E-state index is 0.00167. The van der Waals surface area contributed by atoms with E-state index in [4.69, 9.17) is 5.84 Å². The van der Waals surface area contributed by atoms with Crippen LogP contribution in [0.4, 0.5) is 10.2 Å². The topological polar surface area (TPSA) is 115 Å². The van der Waals surface area contributed by atoms with Crippen LogP contribution < -0.4 is 11.2 Å². The second-order valence-corrected chi connectivity index (χ2v) is 8.18. The Bertz CT molecular complexity index is 1350. The molecule has 0 unspecified atom stereocenters. The van der Waals surface area contributed by atoms with E-state index >= 15 is 0 Å². The molecule has 4 aromatic rings. The minimum Gasteiger partial charge on any atom is -0.335 e. The van der Waals surface area contributed by atoms with Gasteiger partial charge >= 0.3 is 0 Å². The highest BCUT2D eigenvalue weighted by atomic mass is 32.2. The van der Waals surface area contributed by atoms with Crippen molar-refractivity contribution in [3.05, 3.63) is 77.2 Å². The molecule has 3 N–H and O–H groups in total. The van der Waals surface area contributed by atoms with Gasteiger partial charge in [0.25, 0.3) is 0 Å². The average Bonchev–Trinajstić information content (AvgIpc) is 3.30. The lowest BCUT2D eigenvalue weighted by molar-refractivity contribution is -0.113. The Kier molecular flexibility index (Phi) is 6.15. The third-order valence-corrected chi connectivity index (χ3v) is 6.14. The fraction of sp³-hybridized carbons (Fsp3) is 0.130. The van der Waals surface area contributed by atoms with Crippen molar-refractivity contribution in [3.8, 4) is 23.1 Å². The molecular formula is C23H20FN7OS. The Labute approximate surface area is 193 Å². The van der Waals surface area contributed by atoms with Crippen LogP contribution in [0.15, 0.2) is 59.8 Å². The molecule has 8 nitrogen and oxygen atoms in total. The van der Waals surface area contributed by atoms with Gasteiger partial charge in [0, 0.05) is 16.9 Å². The van der Waals surface area contributed by atoms with Crippen LogP contribution in [-0.2, 0) is 4.79 Å². The molecule has 0 atom stereocenters. The second-order valence-electron chi connectivity index (χ2n) is 7.24. The Hall–Kier alpha value is -4.10. The molecule has 0 bridgehead atoms. The number of nitrogen functional groups attached to an aromatic ring is 1. The number of hydrogen-bond donors (Lipinski definition) is 2. The van der Waals surface area contributed by atoms with Gasteiger partial charge in [-0.1, -0.05) is 30.0 Å². The first-order chi connectivity index (χ1) is 15.9. The number of para-hydroxylation sites is 1. The lowest BCUT2D eigenvalue weighted by Crippen LogP contribution is -2.19. The van der Waals surface area contributed by atoms with Crippen molar-refractivity contribution in [2.24, 2.45) is 0 Å². The number of nitriles is 1. The number of thioether (sulfide) groups is 1. The molecule has 33 heavy (non-hydrogen) atoms.